The van der Waals surface area contributed by atoms with Crippen LogP contribution in [-0.4, -0.2) is 45.8 Å². The third-order valence-corrected chi connectivity index (χ3v) is 17.3. The van der Waals surface area contributed by atoms with Crippen molar-refractivity contribution in [3.8, 4) is 11.1 Å². The van der Waals surface area contributed by atoms with Crippen LogP contribution in [0.5, 0.6) is 0 Å². The van der Waals surface area contributed by atoms with Crippen LogP contribution in [0.3, 0.4) is 0 Å². The molecule has 0 spiro atoms. The van der Waals surface area contributed by atoms with Crippen molar-refractivity contribution in [2.75, 3.05) is 0 Å². The van der Waals surface area contributed by atoms with E-state index in [4.69, 9.17) is 1.34 Å². The molecular formula is C53H35B2S2Se2. The standard InChI is InChI=1S/C20H14.C16H8S2.C16H8Se2.CH4.B2H/c1-3-11-17-15(7-1)9-5-13-19(17)20-14-6-10-16-8-2-4-12-18(16)20;2*1-3-9-11-7-18-14-6-2-4-10(16(11)14)12-8-17-13(5-1)15(9)12;;1-2/h1-14H;2*1-8H;1H4;1H/i;;;;1T. The Balaban J connectivity index is 0.000000104. The van der Waals surface area contributed by atoms with Crippen LogP contribution in [0.15, 0.2) is 178 Å². The average molecular weight is 918 g/mol. The summed E-state index contributed by atoms with van der Waals surface area (Å²) in [4.78, 5) is 4.94. The first-order chi connectivity index (χ1) is 29.2. The summed E-state index contributed by atoms with van der Waals surface area (Å²) in [5, 5.41) is 27.4. The van der Waals surface area contributed by atoms with Crippen LogP contribution >= 0.6 is 22.7 Å². The molecule has 14 rings (SSSR count). The Bertz CT molecular complexity index is 3340. The van der Waals surface area contributed by atoms with Crippen LogP contribution in [0.4, 0.5) is 0 Å². The Labute approximate surface area is 366 Å². The van der Waals surface area contributed by atoms with Gasteiger partial charge in [-0.25, -0.2) is 0 Å². The predicted molar refractivity (Wildman–Crippen MR) is 271 cm³/mol. The summed E-state index contributed by atoms with van der Waals surface area (Å²) < 4.78 is 11.8. The summed E-state index contributed by atoms with van der Waals surface area (Å²) in [7, 11) is 5.14. The van der Waals surface area contributed by atoms with Gasteiger partial charge in [-0.3, -0.25) is 0 Å². The van der Waals surface area contributed by atoms with Gasteiger partial charge < -0.3 is 0 Å². The van der Waals surface area contributed by atoms with Gasteiger partial charge in [0.2, 0.25) is 0 Å². The maximum Gasteiger partial charge on any atom is 0.0355 e. The zero-order valence-electron chi connectivity index (χ0n) is 32.1. The summed E-state index contributed by atoms with van der Waals surface area (Å²) in [6.07, 6.45) is 0. The number of thiophene rings is 2. The van der Waals surface area contributed by atoms with Crippen LogP contribution in [0.2, 0.25) is 0 Å². The molecule has 0 fully saturated rings. The predicted octanol–water partition coefficient (Wildman–Crippen LogP) is 15.0. The van der Waals surface area contributed by atoms with Crippen LogP contribution in [0, 0.1) is 0 Å². The fourth-order valence-electron chi connectivity index (χ4n) is 8.96. The Morgan fingerprint density at radius 1 is 0.390 bits per heavy atom. The Morgan fingerprint density at radius 3 is 1.20 bits per heavy atom. The maximum absolute atomic E-state index is 5.86. The molecule has 0 nitrogen and oxygen atoms in total. The summed E-state index contributed by atoms with van der Waals surface area (Å²) in [6, 6.07) is 57.2. The molecule has 0 saturated heterocycles. The van der Waals surface area contributed by atoms with E-state index in [-0.39, 0.29) is 7.43 Å². The molecule has 0 saturated carbocycles. The van der Waals surface area contributed by atoms with E-state index in [2.05, 4.69) is 186 Å². The topological polar surface area (TPSA) is 0 Å². The summed E-state index contributed by atoms with van der Waals surface area (Å²) in [5.41, 5.74) is 2.61. The molecule has 0 N–H and O–H groups in total. The van der Waals surface area contributed by atoms with Crippen molar-refractivity contribution in [1.82, 2.24) is 0 Å². The Morgan fingerprint density at radius 2 is 0.746 bits per heavy atom. The minimum Gasteiger partial charge on any atom is -0.143 e. The molecule has 10 aromatic carbocycles. The largest absolute Gasteiger partial charge is 0.143 e. The second-order valence-electron chi connectivity index (χ2n) is 14.4. The molecule has 4 aromatic heterocycles. The number of fused-ring (bicyclic) bond motifs is 6. The van der Waals surface area contributed by atoms with Crippen molar-refractivity contribution < 1.29 is 0 Å². The zero-order chi connectivity index (χ0) is 39.5. The van der Waals surface area contributed by atoms with Gasteiger partial charge >= 0.3 is 116 Å². The van der Waals surface area contributed by atoms with Gasteiger partial charge in [0.25, 0.3) is 0 Å². The van der Waals surface area contributed by atoms with E-state index in [1.165, 1.54) is 107 Å². The van der Waals surface area contributed by atoms with Crippen molar-refractivity contribution in [1.29, 1.82) is 1.34 Å². The normalized spacial score (nSPS) is 11.6. The number of rotatable bonds is 1. The van der Waals surface area contributed by atoms with Gasteiger partial charge in [-0.1, -0.05) is 117 Å². The van der Waals surface area contributed by atoms with Crippen molar-refractivity contribution in [2.24, 2.45) is 0 Å². The first kappa shape index (κ1) is 36.9. The molecule has 0 aliphatic heterocycles. The summed E-state index contributed by atoms with van der Waals surface area (Å²) >= 11 is 4.75. The molecule has 0 amide bonds. The quantitative estimate of drug-likeness (QED) is 0.114. The molecule has 0 atom stereocenters. The first-order valence-electron chi connectivity index (χ1n) is 19.7. The van der Waals surface area contributed by atoms with Gasteiger partial charge in [0.15, 0.2) is 0 Å². The number of hydrogen-bond donors (Lipinski definition) is 0. The summed E-state index contributed by atoms with van der Waals surface area (Å²) in [5.74, 6) is 0. The van der Waals surface area contributed by atoms with E-state index >= 15 is 0 Å². The molecule has 6 heteroatoms. The summed E-state index contributed by atoms with van der Waals surface area (Å²) in [6.45, 7) is 0. The Kier molecular flexibility index (Phi) is 9.88. The van der Waals surface area contributed by atoms with Gasteiger partial charge in [0.1, 0.15) is 0 Å². The monoisotopic (exact) mass is 919 g/mol. The van der Waals surface area contributed by atoms with Crippen molar-refractivity contribution in [2.45, 2.75) is 7.43 Å². The van der Waals surface area contributed by atoms with Gasteiger partial charge in [0, 0.05) is 46.4 Å². The minimum atomic E-state index is 0. The molecule has 14 aromatic rings. The zero-order valence-corrected chi connectivity index (χ0v) is 36.2. The molecular weight excluding hydrogens is 880 g/mol. The molecule has 3 radical (unpaired) electrons. The van der Waals surface area contributed by atoms with E-state index in [1.807, 2.05) is 22.7 Å². The maximum atomic E-state index is 5.86. The second kappa shape index (κ2) is 15.8. The second-order valence-corrected chi connectivity index (χ2v) is 20.0. The Hall–Kier alpha value is -5.15. The fraction of sp³-hybridized carbons (Fsp3) is 0.0189. The van der Waals surface area contributed by atoms with Crippen molar-refractivity contribution in [3.63, 3.8) is 0 Å². The van der Waals surface area contributed by atoms with E-state index in [9.17, 15) is 0 Å². The van der Waals surface area contributed by atoms with Gasteiger partial charge in [0.05, 0.1) is 0 Å². The third kappa shape index (κ3) is 6.17. The number of benzene rings is 10. The molecule has 59 heavy (non-hydrogen) atoms. The first-order valence-corrected chi connectivity index (χ1v) is 24.6. The fourth-order valence-corrected chi connectivity index (χ4v) is 15.1. The van der Waals surface area contributed by atoms with E-state index in [0.717, 1.165) is 7.70 Å². The van der Waals surface area contributed by atoms with Crippen molar-refractivity contribution in [3.05, 3.63) is 178 Å². The molecule has 0 aliphatic rings. The van der Waals surface area contributed by atoms with Gasteiger partial charge in [-0.2, -0.15) is 0 Å². The van der Waals surface area contributed by atoms with E-state index in [0.29, 0.717) is 29.0 Å². The van der Waals surface area contributed by atoms with Gasteiger partial charge in [-0.05, 0) is 67.7 Å². The average Bonchev–Trinajstić information content (AvgIpc) is 4.12. The van der Waals surface area contributed by atoms with Crippen LogP contribution in [0.1, 0.15) is 7.43 Å². The van der Waals surface area contributed by atoms with Crippen LogP contribution in [-0.2, 0) is 0 Å². The van der Waals surface area contributed by atoms with Crippen molar-refractivity contribution >= 4 is 171 Å². The van der Waals surface area contributed by atoms with E-state index in [1.54, 1.807) is 8.52 Å². The molecule has 0 aliphatic carbocycles. The molecule has 4 heterocycles. The minimum absolute atomic E-state index is 0. The van der Waals surface area contributed by atoms with Crippen LogP contribution < -0.4 is 0 Å². The molecule has 277 valence electrons. The van der Waals surface area contributed by atoms with Gasteiger partial charge in [-0.15, -0.1) is 22.7 Å². The third-order valence-electron chi connectivity index (χ3n) is 11.4. The molecule has 0 bridgehead atoms. The smallest absolute Gasteiger partial charge is 0.0355 e. The molecule has 0 unspecified atom stereocenters. The SMILES string of the molecule is C.[3H][B][B].c1cc2[se]cc3c4cccc5[se]cc(c(c1)c23)c54.c1cc2scc3c4cccc5scc(c(c1)c23)c54.c1ccc2c(-c3cccc4ccccc34)cccc2c1. The van der Waals surface area contributed by atoms with Crippen LogP contribution in [0.25, 0.3) is 115 Å². The number of hydrogen-bond acceptors (Lipinski definition) is 2. The van der Waals surface area contributed by atoms with E-state index < -0.39 is 0 Å².